The van der Waals surface area contributed by atoms with E-state index >= 15 is 0 Å². The van der Waals surface area contributed by atoms with E-state index in [2.05, 4.69) is 28.9 Å². The molecule has 0 radical (unpaired) electrons. The number of carbonyl (C=O) groups is 1. The smallest absolute Gasteiger partial charge is 0.335 e. The molecule has 36 heavy (non-hydrogen) atoms. The second-order valence-electron chi connectivity index (χ2n) is 9.87. The van der Waals surface area contributed by atoms with Gasteiger partial charge in [0, 0.05) is 48.4 Å². The number of likely N-dealkylation sites (tertiary alicyclic amines) is 1. The minimum Gasteiger partial charge on any atom is -0.491 e. The Morgan fingerprint density at radius 1 is 1.08 bits per heavy atom. The molecule has 3 aromatic rings. The van der Waals surface area contributed by atoms with E-state index in [4.69, 9.17) is 14.2 Å². The molecular formula is C29H36N2O5. The summed E-state index contributed by atoms with van der Waals surface area (Å²) in [6, 6.07) is 11.7. The molecule has 0 spiro atoms. The van der Waals surface area contributed by atoms with Gasteiger partial charge in [0.05, 0.1) is 24.4 Å². The van der Waals surface area contributed by atoms with Gasteiger partial charge >= 0.3 is 5.97 Å². The van der Waals surface area contributed by atoms with Crippen LogP contribution in [0.5, 0.6) is 5.75 Å². The van der Waals surface area contributed by atoms with Gasteiger partial charge in [-0.05, 0) is 74.9 Å². The summed E-state index contributed by atoms with van der Waals surface area (Å²) >= 11 is 0. The van der Waals surface area contributed by atoms with Gasteiger partial charge < -0.3 is 24.3 Å². The van der Waals surface area contributed by atoms with Gasteiger partial charge in [0.15, 0.2) is 0 Å². The van der Waals surface area contributed by atoms with E-state index in [1.54, 1.807) is 12.1 Å². The SMILES string of the molecule is CCO[C@H]1CCN(Cc2c(OCCOC3CC3)cc(C)c3[nH]ccc23)[C@H](c2ccc(C(=O)O)cc2)C1. The van der Waals surface area contributed by atoms with Crippen molar-refractivity contribution in [1.82, 2.24) is 9.88 Å². The van der Waals surface area contributed by atoms with E-state index in [0.717, 1.165) is 61.2 Å². The Labute approximate surface area is 212 Å². The van der Waals surface area contributed by atoms with E-state index in [1.807, 2.05) is 25.3 Å². The maximum absolute atomic E-state index is 11.4. The number of ether oxygens (including phenoxy) is 3. The van der Waals surface area contributed by atoms with Crippen LogP contribution in [0.15, 0.2) is 42.6 Å². The summed E-state index contributed by atoms with van der Waals surface area (Å²) in [6.07, 6.45) is 6.75. The van der Waals surface area contributed by atoms with Crippen molar-refractivity contribution in [1.29, 1.82) is 0 Å². The Bertz CT molecular complexity index is 1180. The molecule has 192 valence electrons. The summed E-state index contributed by atoms with van der Waals surface area (Å²) in [4.78, 5) is 17.3. The Kier molecular flexibility index (Phi) is 7.60. The summed E-state index contributed by atoms with van der Waals surface area (Å²) < 4.78 is 18.1. The lowest BCUT2D eigenvalue weighted by atomic mass is 9.91. The molecular weight excluding hydrogens is 456 g/mol. The first-order valence-corrected chi connectivity index (χ1v) is 13.1. The highest BCUT2D eigenvalue weighted by atomic mass is 16.5. The lowest BCUT2D eigenvalue weighted by Crippen LogP contribution is -2.39. The maximum Gasteiger partial charge on any atom is 0.335 e. The fourth-order valence-electron chi connectivity index (χ4n) is 5.28. The summed E-state index contributed by atoms with van der Waals surface area (Å²) in [5.74, 6) is 0.00195. The van der Waals surface area contributed by atoms with Crippen LogP contribution in [0.1, 0.15) is 65.7 Å². The van der Waals surface area contributed by atoms with Gasteiger partial charge in [0.1, 0.15) is 12.4 Å². The molecule has 0 bridgehead atoms. The van der Waals surface area contributed by atoms with Crippen molar-refractivity contribution in [2.75, 3.05) is 26.4 Å². The topological polar surface area (TPSA) is 84.0 Å². The van der Waals surface area contributed by atoms with Gasteiger partial charge in [-0.15, -0.1) is 0 Å². The van der Waals surface area contributed by atoms with E-state index in [-0.39, 0.29) is 12.1 Å². The van der Waals surface area contributed by atoms with E-state index in [9.17, 15) is 9.90 Å². The van der Waals surface area contributed by atoms with E-state index in [1.165, 1.54) is 10.9 Å². The number of hydrogen-bond acceptors (Lipinski definition) is 5. The monoisotopic (exact) mass is 492 g/mol. The van der Waals surface area contributed by atoms with E-state index in [0.29, 0.717) is 31.5 Å². The molecule has 2 aromatic carbocycles. The molecule has 2 N–H and O–H groups in total. The van der Waals surface area contributed by atoms with Crippen LogP contribution in [0.3, 0.4) is 0 Å². The van der Waals surface area contributed by atoms with Crippen molar-refractivity contribution in [2.45, 2.75) is 64.3 Å². The molecule has 2 fully saturated rings. The quantitative estimate of drug-likeness (QED) is 0.345. The number of nitrogens with one attached hydrogen (secondary N) is 1. The van der Waals surface area contributed by atoms with Crippen molar-refractivity contribution in [3.05, 3.63) is 64.8 Å². The molecule has 1 aliphatic heterocycles. The van der Waals surface area contributed by atoms with E-state index < -0.39 is 5.97 Å². The van der Waals surface area contributed by atoms with Crippen molar-refractivity contribution >= 4 is 16.9 Å². The van der Waals surface area contributed by atoms with Crippen LogP contribution in [-0.2, 0) is 16.0 Å². The zero-order valence-corrected chi connectivity index (χ0v) is 21.2. The average Bonchev–Trinajstić information content (AvgIpc) is 3.57. The Morgan fingerprint density at radius 3 is 2.61 bits per heavy atom. The minimum atomic E-state index is -0.906. The number of piperidine rings is 1. The Hall–Kier alpha value is -2.87. The van der Waals surface area contributed by atoms with Crippen LogP contribution in [0.4, 0.5) is 0 Å². The van der Waals surface area contributed by atoms with Gasteiger partial charge in [-0.25, -0.2) is 4.79 Å². The number of aromatic amines is 1. The molecule has 7 nitrogen and oxygen atoms in total. The van der Waals surface area contributed by atoms with Crippen molar-refractivity contribution in [2.24, 2.45) is 0 Å². The van der Waals surface area contributed by atoms with Crippen LogP contribution < -0.4 is 4.74 Å². The summed E-state index contributed by atoms with van der Waals surface area (Å²) in [7, 11) is 0. The zero-order valence-electron chi connectivity index (χ0n) is 21.2. The molecule has 1 saturated carbocycles. The second kappa shape index (κ2) is 11.0. The van der Waals surface area contributed by atoms with Gasteiger partial charge in [-0.3, -0.25) is 4.90 Å². The highest BCUT2D eigenvalue weighted by Gasteiger charge is 2.31. The zero-order chi connectivity index (χ0) is 25.1. The fourth-order valence-corrected chi connectivity index (χ4v) is 5.28. The molecule has 7 heteroatoms. The van der Waals surface area contributed by atoms with Gasteiger partial charge in [0.2, 0.25) is 0 Å². The number of benzene rings is 2. The molecule has 1 saturated heterocycles. The molecule has 0 unspecified atom stereocenters. The highest BCUT2D eigenvalue weighted by Crippen LogP contribution is 2.38. The van der Waals surface area contributed by atoms with Crippen LogP contribution in [0.2, 0.25) is 0 Å². The number of fused-ring (bicyclic) bond motifs is 1. The number of carboxylic acids is 1. The highest BCUT2D eigenvalue weighted by molar-refractivity contribution is 5.88. The number of aromatic nitrogens is 1. The third-order valence-corrected chi connectivity index (χ3v) is 7.30. The molecule has 5 rings (SSSR count). The van der Waals surface area contributed by atoms with Gasteiger partial charge in [-0.2, -0.15) is 0 Å². The predicted molar refractivity (Wildman–Crippen MR) is 139 cm³/mol. The first-order chi connectivity index (χ1) is 17.5. The summed E-state index contributed by atoms with van der Waals surface area (Å²) in [6.45, 7) is 7.60. The number of hydrogen-bond donors (Lipinski definition) is 2. The number of H-pyrrole nitrogens is 1. The van der Waals surface area contributed by atoms with Crippen molar-refractivity contribution in [3.63, 3.8) is 0 Å². The second-order valence-corrected chi connectivity index (χ2v) is 9.87. The number of rotatable bonds is 11. The Balaban J connectivity index is 1.42. The van der Waals surface area contributed by atoms with Crippen molar-refractivity contribution < 1.29 is 24.1 Å². The number of nitrogens with zero attached hydrogens (tertiary/aromatic N) is 1. The fraction of sp³-hybridized carbons (Fsp3) is 0.483. The molecule has 2 aliphatic rings. The largest absolute Gasteiger partial charge is 0.491 e. The minimum absolute atomic E-state index is 0.125. The standard InChI is InChI=1S/C29H36N2O5/c1-3-34-23-11-13-31(26(17-23)20-4-6-21(7-5-20)29(32)33)18-25-24-10-12-30-28(24)19(2)16-27(25)36-15-14-35-22-8-9-22/h4-7,10,12,16,22-23,26,30H,3,8-9,11,13-15,17-18H2,1-2H3,(H,32,33)/t23-,26-/m0/s1. The first kappa shape index (κ1) is 24.8. The number of aryl methyl sites for hydroxylation is 1. The van der Waals surface area contributed by atoms with Crippen LogP contribution in [-0.4, -0.2) is 59.5 Å². The van der Waals surface area contributed by atoms with Gasteiger partial charge in [0.25, 0.3) is 0 Å². The average molecular weight is 493 g/mol. The van der Waals surface area contributed by atoms with Crippen LogP contribution >= 0.6 is 0 Å². The van der Waals surface area contributed by atoms with Crippen LogP contribution in [0.25, 0.3) is 10.9 Å². The lowest BCUT2D eigenvalue weighted by Gasteiger charge is -2.40. The maximum atomic E-state index is 11.4. The Morgan fingerprint density at radius 2 is 1.89 bits per heavy atom. The number of aromatic carboxylic acids is 1. The summed E-state index contributed by atoms with van der Waals surface area (Å²) in [5.41, 5.74) is 4.89. The molecule has 2 heterocycles. The van der Waals surface area contributed by atoms with Crippen LogP contribution in [0, 0.1) is 6.92 Å². The molecule has 1 aliphatic carbocycles. The normalized spacial score (nSPS) is 20.6. The molecule has 1 aromatic heterocycles. The third kappa shape index (κ3) is 5.59. The van der Waals surface area contributed by atoms with Gasteiger partial charge in [-0.1, -0.05) is 12.1 Å². The number of carboxylic acid groups (broad SMARTS) is 1. The molecule has 2 atom stereocenters. The van der Waals surface area contributed by atoms with Crippen molar-refractivity contribution in [3.8, 4) is 5.75 Å². The lowest BCUT2D eigenvalue weighted by molar-refractivity contribution is -0.0139. The predicted octanol–water partition coefficient (Wildman–Crippen LogP) is 5.47. The third-order valence-electron chi connectivity index (χ3n) is 7.30. The first-order valence-electron chi connectivity index (χ1n) is 13.1. The summed E-state index contributed by atoms with van der Waals surface area (Å²) in [5, 5.41) is 10.5. The molecule has 0 amide bonds.